The number of benzene rings is 1. The number of ether oxygens (including phenoxy) is 2. The Bertz CT molecular complexity index is 1320. The third-order valence-corrected chi connectivity index (χ3v) is 5.98. The molecule has 1 N–H and O–H groups in total. The van der Waals surface area contributed by atoms with Gasteiger partial charge in [0.15, 0.2) is 0 Å². The van der Waals surface area contributed by atoms with E-state index in [0.717, 1.165) is 34.9 Å². The molecule has 0 amide bonds. The lowest BCUT2D eigenvalue weighted by Crippen LogP contribution is -2.26. The number of rotatable bonds is 5. The molecule has 1 unspecified atom stereocenters. The number of fused-ring (bicyclic) bond motifs is 3. The largest absolute Gasteiger partial charge is 0.474 e. The molecule has 32 heavy (non-hydrogen) atoms. The highest BCUT2D eigenvalue weighted by molar-refractivity contribution is 5.91. The van der Waals surface area contributed by atoms with Gasteiger partial charge >= 0.3 is 0 Å². The van der Waals surface area contributed by atoms with Gasteiger partial charge in [-0.05, 0) is 31.0 Å². The predicted octanol–water partition coefficient (Wildman–Crippen LogP) is 4.19. The minimum absolute atomic E-state index is 0.0653. The fourth-order valence-corrected chi connectivity index (χ4v) is 4.20. The van der Waals surface area contributed by atoms with Crippen LogP contribution in [0.3, 0.4) is 0 Å². The third kappa shape index (κ3) is 3.72. The molecule has 8 nitrogen and oxygen atoms in total. The van der Waals surface area contributed by atoms with E-state index in [1.165, 1.54) is 0 Å². The summed E-state index contributed by atoms with van der Waals surface area (Å²) < 4.78 is 13.5. The van der Waals surface area contributed by atoms with Crippen LogP contribution in [0.25, 0.3) is 16.7 Å². The van der Waals surface area contributed by atoms with Gasteiger partial charge in [-0.1, -0.05) is 12.1 Å². The summed E-state index contributed by atoms with van der Waals surface area (Å²) in [4.78, 5) is 13.7. The van der Waals surface area contributed by atoms with Crippen LogP contribution < -0.4 is 10.1 Å². The third-order valence-electron chi connectivity index (χ3n) is 5.98. The zero-order valence-electron chi connectivity index (χ0n) is 18.1. The molecule has 8 heteroatoms. The number of aromatic nitrogens is 4. The highest BCUT2D eigenvalue weighted by Crippen LogP contribution is 2.30. The van der Waals surface area contributed by atoms with E-state index in [1.807, 2.05) is 41.8 Å². The molecule has 0 saturated carbocycles. The van der Waals surface area contributed by atoms with Gasteiger partial charge in [0.25, 0.3) is 0 Å². The van der Waals surface area contributed by atoms with Gasteiger partial charge in [-0.25, -0.2) is 9.97 Å². The Morgan fingerprint density at radius 1 is 1.28 bits per heavy atom. The van der Waals surface area contributed by atoms with E-state index in [4.69, 9.17) is 14.5 Å². The number of hydrogen-bond acceptors (Lipinski definition) is 7. The SMILES string of the molecule is Cc1c(C#N)cccc1C(C)Nc1nc2nccn2c2cnc(OC3CCOCC3)cc12. The molecule has 1 aliphatic rings. The number of pyridine rings is 1. The van der Waals surface area contributed by atoms with Crippen molar-refractivity contribution in [3.63, 3.8) is 0 Å². The Morgan fingerprint density at radius 3 is 2.94 bits per heavy atom. The Kier molecular flexibility index (Phi) is 5.33. The van der Waals surface area contributed by atoms with Crippen molar-refractivity contribution in [1.82, 2.24) is 19.4 Å². The highest BCUT2D eigenvalue weighted by Gasteiger charge is 2.19. The van der Waals surface area contributed by atoms with Gasteiger partial charge < -0.3 is 14.8 Å². The molecule has 1 fully saturated rings. The Labute approximate surface area is 185 Å². The maximum absolute atomic E-state index is 9.39. The lowest BCUT2D eigenvalue weighted by molar-refractivity contribution is 0.0238. The quantitative estimate of drug-likeness (QED) is 0.509. The Morgan fingerprint density at radius 2 is 2.12 bits per heavy atom. The van der Waals surface area contributed by atoms with E-state index < -0.39 is 0 Å². The van der Waals surface area contributed by atoms with Crippen molar-refractivity contribution >= 4 is 22.5 Å². The van der Waals surface area contributed by atoms with Crippen LogP contribution in [0.1, 0.15) is 42.5 Å². The van der Waals surface area contributed by atoms with E-state index in [-0.39, 0.29) is 12.1 Å². The smallest absolute Gasteiger partial charge is 0.236 e. The first kappa shape index (κ1) is 20.2. The average molecular weight is 428 g/mol. The zero-order valence-corrected chi connectivity index (χ0v) is 18.1. The van der Waals surface area contributed by atoms with Crippen LogP contribution in [-0.4, -0.2) is 38.7 Å². The van der Waals surface area contributed by atoms with Gasteiger partial charge in [0.1, 0.15) is 11.9 Å². The molecular weight excluding hydrogens is 404 g/mol. The number of imidazole rings is 1. The number of nitrogens with zero attached hydrogens (tertiary/aromatic N) is 5. The molecule has 162 valence electrons. The van der Waals surface area contributed by atoms with Gasteiger partial charge in [0, 0.05) is 36.7 Å². The van der Waals surface area contributed by atoms with Crippen LogP contribution in [0.2, 0.25) is 0 Å². The molecule has 1 atom stereocenters. The molecule has 1 aromatic carbocycles. The minimum atomic E-state index is -0.0653. The monoisotopic (exact) mass is 428 g/mol. The lowest BCUT2D eigenvalue weighted by Gasteiger charge is -2.23. The van der Waals surface area contributed by atoms with Crippen molar-refractivity contribution in [2.24, 2.45) is 0 Å². The second-order valence-electron chi connectivity index (χ2n) is 8.02. The summed E-state index contributed by atoms with van der Waals surface area (Å²) >= 11 is 0. The number of nitrogens with one attached hydrogen (secondary N) is 1. The highest BCUT2D eigenvalue weighted by atomic mass is 16.5. The molecular formula is C24H24N6O2. The summed E-state index contributed by atoms with van der Waals surface area (Å²) in [6, 6.07) is 9.91. The van der Waals surface area contributed by atoms with Crippen molar-refractivity contribution in [2.45, 2.75) is 38.8 Å². The van der Waals surface area contributed by atoms with Crippen molar-refractivity contribution in [1.29, 1.82) is 5.26 Å². The van der Waals surface area contributed by atoms with E-state index in [2.05, 4.69) is 28.3 Å². The summed E-state index contributed by atoms with van der Waals surface area (Å²) in [6.45, 7) is 5.45. The molecule has 0 aliphatic carbocycles. The first-order chi connectivity index (χ1) is 15.6. The number of hydrogen-bond donors (Lipinski definition) is 1. The van der Waals surface area contributed by atoms with Gasteiger partial charge in [-0.3, -0.25) is 4.40 Å². The van der Waals surface area contributed by atoms with Gasteiger partial charge in [0.2, 0.25) is 11.7 Å². The Balaban J connectivity index is 1.54. The van der Waals surface area contributed by atoms with Crippen LogP contribution >= 0.6 is 0 Å². The predicted molar refractivity (Wildman–Crippen MR) is 121 cm³/mol. The van der Waals surface area contributed by atoms with Crippen LogP contribution in [0.4, 0.5) is 5.82 Å². The topological polar surface area (TPSA) is 97.4 Å². The molecule has 0 bridgehead atoms. The molecule has 1 aliphatic heterocycles. The fourth-order valence-electron chi connectivity index (χ4n) is 4.20. The summed E-state index contributed by atoms with van der Waals surface area (Å²) in [5, 5.41) is 13.8. The van der Waals surface area contributed by atoms with Gasteiger partial charge in [-0.15, -0.1) is 0 Å². The van der Waals surface area contributed by atoms with Gasteiger partial charge in [-0.2, -0.15) is 10.2 Å². The normalized spacial score (nSPS) is 15.5. The maximum atomic E-state index is 9.39. The molecule has 3 aromatic heterocycles. The molecule has 4 heterocycles. The lowest BCUT2D eigenvalue weighted by atomic mass is 9.98. The van der Waals surface area contributed by atoms with E-state index in [0.29, 0.717) is 36.3 Å². The molecule has 4 aromatic rings. The summed E-state index contributed by atoms with van der Waals surface area (Å²) in [5.74, 6) is 1.87. The minimum Gasteiger partial charge on any atom is -0.474 e. The standard InChI is InChI=1S/C24H24N6O2/c1-15-17(13-25)4-3-5-19(15)16(2)28-23-20-12-22(32-18-6-10-31-11-7-18)27-14-21(20)30-9-8-26-24(30)29-23/h3-5,8-9,12,14,16,18H,6-7,10-11H2,1-2H3,(H,26,28,29). The average Bonchev–Trinajstić information content (AvgIpc) is 3.28. The molecule has 0 spiro atoms. The van der Waals surface area contributed by atoms with E-state index >= 15 is 0 Å². The number of nitriles is 1. The second kappa shape index (κ2) is 8.44. The van der Waals surface area contributed by atoms with Crippen LogP contribution in [0, 0.1) is 18.3 Å². The summed E-state index contributed by atoms with van der Waals surface area (Å²) in [7, 11) is 0. The second-order valence-corrected chi connectivity index (χ2v) is 8.02. The van der Waals surface area contributed by atoms with Crippen LogP contribution in [0.5, 0.6) is 5.88 Å². The summed E-state index contributed by atoms with van der Waals surface area (Å²) in [6.07, 6.45) is 7.22. The molecule has 1 saturated heterocycles. The number of anilines is 1. The van der Waals surface area contributed by atoms with E-state index in [1.54, 1.807) is 12.4 Å². The van der Waals surface area contributed by atoms with Crippen LogP contribution in [-0.2, 0) is 4.74 Å². The van der Waals surface area contributed by atoms with Crippen molar-refractivity contribution in [3.05, 3.63) is 59.5 Å². The van der Waals surface area contributed by atoms with Crippen molar-refractivity contribution in [3.8, 4) is 11.9 Å². The first-order valence-electron chi connectivity index (χ1n) is 10.8. The molecule has 0 radical (unpaired) electrons. The van der Waals surface area contributed by atoms with E-state index in [9.17, 15) is 5.26 Å². The maximum Gasteiger partial charge on any atom is 0.236 e. The van der Waals surface area contributed by atoms with Crippen molar-refractivity contribution in [2.75, 3.05) is 18.5 Å². The Hall–Kier alpha value is -3.70. The zero-order chi connectivity index (χ0) is 22.1. The summed E-state index contributed by atoms with van der Waals surface area (Å²) in [5.41, 5.74) is 3.58. The first-order valence-corrected chi connectivity index (χ1v) is 10.8. The van der Waals surface area contributed by atoms with Gasteiger partial charge in [0.05, 0.1) is 42.6 Å². The van der Waals surface area contributed by atoms with Crippen molar-refractivity contribution < 1.29 is 9.47 Å². The fraction of sp³-hybridized carbons (Fsp3) is 0.333. The van der Waals surface area contributed by atoms with Crippen LogP contribution in [0.15, 0.2) is 42.9 Å². The molecule has 5 rings (SSSR count).